The van der Waals surface area contributed by atoms with E-state index in [1.807, 2.05) is 30.3 Å². The predicted octanol–water partition coefficient (Wildman–Crippen LogP) is 4.19. The summed E-state index contributed by atoms with van der Waals surface area (Å²) in [6, 6.07) is 17.2. The first-order valence-electron chi connectivity index (χ1n) is 7.80. The van der Waals surface area contributed by atoms with E-state index in [4.69, 9.17) is 16.1 Å². The molecular formula is C19H15ClN2O2. The zero-order valence-electron chi connectivity index (χ0n) is 12.9. The Hall–Kier alpha value is -2.59. The lowest BCUT2D eigenvalue weighted by molar-refractivity contribution is 0.0724. The first-order chi connectivity index (χ1) is 11.7. The summed E-state index contributed by atoms with van der Waals surface area (Å²) in [6.07, 6.45) is 0.858. The van der Waals surface area contributed by atoms with Crippen LogP contribution < -0.4 is 0 Å². The SMILES string of the molecule is O=C(c1cc(-c2ccccc2Cl)on1)N1CCc2ccccc2C1. The van der Waals surface area contributed by atoms with Crippen LogP contribution in [-0.2, 0) is 13.0 Å². The molecule has 0 unspecified atom stereocenters. The van der Waals surface area contributed by atoms with Crippen LogP contribution >= 0.6 is 11.6 Å². The van der Waals surface area contributed by atoms with Gasteiger partial charge in [-0.05, 0) is 29.7 Å². The second-order valence-corrected chi connectivity index (χ2v) is 6.21. The standard InChI is InChI=1S/C19H15ClN2O2/c20-16-8-4-3-7-15(16)18-11-17(21-24-18)19(23)22-10-9-13-5-1-2-6-14(13)12-22/h1-8,11H,9-10,12H2. The van der Waals surface area contributed by atoms with Crippen molar-refractivity contribution in [2.45, 2.75) is 13.0 Å². The molecule has 1 amide bonds. The van der Waals surface area contributed by atoms with Crippen molar-refractivity contribution in [2.75, 3.05) is 6.54 Å². The first-order valence-corrected chi connectivity index (χ1v) is 8.18. The molecule has 0 bridgehead atoms. The molecule has 1 aliphatic heterocycles. The minimum absolute atomic E-state index is 0.119. The van der Waals surface area contributed by atoms with E-state index in [0.717, 1.165) is 12.0 Å². The second-order valence-electron chi connectivity index (χ2n) is 5.80. The van der Waals surface area contributed by atoms with E-state index in [1.165, 1.54) is 11.1 Å². The summed E-state index contributed by atoms with van der Waals surface area (Å²) in [5.74, 6) is 0.382. The summed E-state index contributed by atoms with van der Waals surface area (Å²) < 4.78 is 5.33. The van der Waals surface area contributed by atoms with E-state index in [-0.39, 0.29) is 5.91 Å². The molecule has 0 aliphatic carbocycles. The normalized spacial score (nSPS) is 13.6. The van der Waals surface area contributed by atoms with Gasteiger partial charge in [-0.15, -0.1) is 0 Å². The molecule has 1 aliphatic rings. The van der Waals surface area contributed by atoms with Crippen molar-refractivity contribution in [1.82, 2.24) is 10.1 Å². The van der Waals surface area contributed by atoms with E-state index in [0.29, 0.717) is 29.6 Å². The number of hydrogen-bond acceptors (Lipinski definition) is 3. The van der Waals surface area contributed by atoms with Crippen LogP contribution in [0, 0.1) is 0 Å². The average molecular weight is 339 g/mol. The van der Waals surface area contributed by atoms with Crippen molar-refractivity contribution in [3.8, 4) is 11.3 Å². The number of fused-ring (bicyclic) bond motifs is 1. The van der Waals surface area contributed by atoms with Crippen LogP contribution in [0.5, 0.6) is 0 Å². The molecular weight excluding hydrogens is 324 g/mol. The Kier molecular flexibility index (Phi) is 3.82. The molecule has 0 saturated heterocycles. The monoisotopic (exact) mass is 338 g/mol. The number of benzene rings is 2. The lowest BCUT2D eigenvalue weighted by atomic mass is 10.00. The van der Waals surface area contributed by atoms with Crippen molar-refractivity contribution in [3.63, 3.8) is 0 Å². The van der Waals surface area contributed by atoms with Crippen LogP contribution in [0.15, 0.2) is 59.1 Å². The van der Waals surface area contributed by atoms with E-state index in [2.05, 4.69) is 17.3 Å². The fourth-order valence-electron chi connectivity index (χ4n) is 3.00. The van der Waals surface area contributed by atoms with Gasteiger partial charge in [0.2, 0.25) is 0 Å². The zero-order valence-corrected chi connectivity index (χ0v) is 13.7. The minimum Gasteiger partial charge on any atom is -0.355 e. The number of carbonyl (C=O) groups is 1. The molecule has 24 heavy (non-hydrogen) atoms. The molecule has 3 aromatic rings. The van der Waals surface area contributed by atoms with Gasteiger partial charge in [0, 0.05) is 24.7 Å². The molecule has 0 N–H and O–H groups in total. The smallest absolute Gasteiger partial charge is 0.276 e. The highest BCUT2D eigenvalue weighted by molar-refractivity contribution is 6.33. The van der Waals surface area contributed by atoms with E-state index in [9.17, 15) is 4.79 Å². The van der Waals surface area contributed by atoms with Crippen LogP contribution in [0.3, 0.4) is 0 Å². The predicted molar refractivity (Wildman–Crippen MR) is 91.8 cm³/mol. The molecule has 0 fully saturated rings. The van der Waals surface area contributed by atoms with Gasteiger partial charge in [0.05, 0.1) is 5.02 Å². The molecule has 4 rings (SSSR count). The zero-order chi connectivity index (χ0) is 16.5. The largest absolute Gasteiger partial charge is 0.355 e. The van der Waals surface area contributed by atoms with Gasteiger partial charge in [0.15, 0.2) is 11.5 Å². The number of rotatable bonds is 2. The van der Waals surface area contributed by atoms with Crippen molar-refractivity contribution in [1.29, 1.82) is 0 Å². The third-order valence-electron chi connectivity index (χ3n) is 4.29. The fraction of sp³-hybridized carbons (Fsp3) is 0.158. The molecule has 0 radical (unpaired) electrons. The second kappa shape index (κ2) is 6.13. The topological polar surface area (TPSA) is 46.3 Å². The minimum atomic E-state index is -0.119. The molecule has 120 valence electrons. The number of amides is 1. The Morgan fingerprint density at radius 3 is 2.67 bits per heavy atom. The summed E-state index contributed by atoms with van der Waals surface area (Å²) in [7, 11) is 0. The highest BCUT2D eigenvalue weighted by atomic mass is 35.5. The summed E-state index contributed by atoms with van der Waals surface area (Å²) in [5.41, 5.74) is 3.53. The van der Waals surface area contributed by atoms with Crippen LogP contribution in [0.4, 0.5) is 0 Å². The summed E-state index contributed by atoms with van der Waals surface area (Å²) >= 11 is 6.17. The maximum atomic E-state index is 12.7. The number of carbonyl (C=O) groups excluding carboxylic acids is 1. The summed E-state index contributed by atoms with van der Waals surface area (Å²) in [5, 5.41) is 4.51. The van der Waals surface area contributed by atoms with Crippen LogP contribution in [0.25, 0.3) is 11.3 Å². The molecule has 0 saturated carbocycles. The van der Waals surface area contributed by atoms with Gasteiger partial charge in [-0.3, -0.25) is 4.79 Å². The lowest BCUT2D eigenvalue weighted by Crippen LogP contribution is -2.36. The molecule has 0 spiro atoms. The Morgan fingerprint density at radius 2 is 1.83 bits per heavy atom. The van der Waals surface area contributed by atoms with Crippen molar-refractivity contribution in [3.05, 3.63) is 76.4 Å². The highest BCUT2D eigenvalue weighted by Gasteiger charge is 2.24. The van der Waals surface area contributed by atoms with Crippen molar-refractivity contribution < 1.29 is 9.32 Å². The van der Waals surface area contributed by atoms with Crippen molar-refractivity contribution in [2.24, 2.45) is 0 Å². The molecule has 2 aromatic carbocycles. The lowest BCUT2D eigenvalue weighted by Gasteiger charge is -2.28. The number of hydrogen-bond donors (Lipinski definition) is 0. The fourth-order valence-corrected chi connectivity index (χ4v) is 3.22. The molecule has 1 aromatic heterocycles. The Labute approximate surface area is 144 Å². The van der Waals surface area contributed by atoms with Gasteiger partial charge in [-0.1, -0.05) is 53.2 Å². The van der Waals surface area contributed by atoms with Crippen molar-refractivity contribution >= 4 is 17.5 Å². The quantitative estimate of drug-likeness (QED) is 0.703. The number of aromatic nitrogens is 1. The maximum Gasteiger partial charge on any atom is 0.276 e. The van der Waals surface area contributed by atoms with Gasteiger partial charge in [-0.2, -0.15) is 0 Å². The Morgan fingerprint density at radius 1 is 1.08 bits per heavy atom. The molecule has 0 atom stereocenters. The number of nitrogens with zero attached hydrogens (tertiary/aromatic N) is 2. The van der Waals surface area contributed by atoms with Gasteiger partial charge >= 0.3 is 0 Å². The third kappa shape index (κ3) is 2.69. The molecule has 4 nitrogen and oxygen atoms in total. The van der Waals surface area contributed by atoms with E-state index < -0.39 is 0 Å². The van der Waals surface area contributed by atoms with Gasteiger partial charge in [0.25, 0.3) is 5.91 Å². The molecule has 2 heterocycles. The van der Waals surface area contributed by atoms with Crippen LogP contribution in [0.2, 0.25) is 5.02 Å². The summed E-state index contributed by atoms with van der Waals surface area (Å²) in [4.78, 5) is 14.5. The Bertz CT molecular complexity index is 904. The third-order valence-corrected chi connectivity index (χ3v) is 4.62. The molecule has 5 heteroatoms. The maximum absolute atomic E-state index is 12.7. The number of halogens is 1. The summed E-state index contributed by atoms with van der Waals surface area (Å²) in [6.45, 7) is 1.29. The average Bonchev–Trinajstić information content (AvgIpc) is 3.11. The van der Waals surface area contributed by atoms with E-state index >= 15 is 0 Å². The van der Waals surface area contributed by atoms with Gasteiger partial charge in [-0.25, -0.2) is 0 Å². The Balaban J connectivity index is 1.57. The highest BCUT2D eigenvalue weighted by Crippen LogP contribution is 2.28. The van der Waals surface area contributed by atoms with Gasteiger partial charge in [0.1, 0.15) is 0 Å². The van der Waals surface area contributed by atoms with E-state index in [1.54, 1.807) is 17.0 Å². The van der Waals surface area contributed by atoms with Gasteiger partial charge < -0.3 is 9.42 Å². The van der Waals surface area contributed by atoms with Crippen LogP contribution in [-0.4, -0.2) is 22.5 Å². The first kappa shape index (κ1) is 15.0. The van der Waals surface area contributed by atoms with Crippen LogP contribution in [0.1, 0.15) is 21.6 Å².